The zero-order chi connectivity index (χ0) is 15.6. The van der Waals surface area contributed by atoms with Crippen LogP contribution in [0.15, 0.2) is 18.2 Å². The Kier molecular flexibility index (Phi) is 4.32. The second kappa shape index (κ2) is 6.01. The van der Waals surface area contributed by atoms with Crippen LogP contribution in [0.5, 0.6) is 5.75 Å². The molecule has 2 aromatic heterocycles. The van der Waals surface area contributed by atoms with E-state index in [0.717, 1.165) is 9.75 Å². The van der Waals surface area contributed by atoms with Gasteiger partial charge < -0.3 is 14.9 Å². The summed E-state index contributed by atoms with van der Waals surface area (Å²) in [5.41, 5.74) is 1.12. The molecule has 7 heteroatoms. The van der Waals surface area contributed by atoms with Crippen LogP contribution >= 0.6 is 11.3 Å². The Labute approximate surface area is 125 Å². The highest BCUT2D eigenvalue weighted by molar-refractivity contribution is 7.12. The summed E-state index contributed by atoms with van der Waals surface area (Å²) in [6.07, 6.45) is 0. The average Bonchev–Trinajstić information content (AvgIpc) is 2.75. The molecule has 110 valence electrons. The quantitative estimate of drug-likeness (QED) is 0.481. The monoisotopic (exact) mass is 306 g/mol. The predicted octanol–water partition coefficient (Wildman–Crippen LogP) is 3.24. The lowest BCUT2D eigenvalue weighted by atomic mass is 10.2. The van der Waals surface area contributed by atoms with Crippen molar-refractivity contribution in [3.63, 3.8) is 0 Å². The first kappa shape index (κ1) is 15.1. The summed E-state index contributed by atoms with van der Waals surface area (Å²) in [6, 6.07) is 4.86. The van der Waals surface area contributed by atoms with E-state index in [-0.39, 0.29) is 24.0 Å². The number of carbonyl (C=O) groups excluding carboxylic acids is 1. The first-order chi connectivity index (χ1) is 9.88. The van der Waals surface area contributed by atoms with E-state index in [1.807, 2.05) is 13.8 Å². The Morgan fingerprint density at radius 1 is 1.38 bits per heavy atom. The van der Waals surface area contributed by atoms with E-state index in [0.29, 0.717) is 11.3 Å². The lowest BCUT2D eigenvalue weighted by Gasteiger charge is -2.05. The summed E-state index contributed by atoms with van der Waals surface area (Å²) in [7, 11) is 0. The van der Waals surface area contributed by atoms with E-state index >= 15 is 0 Å². The van der Waals surface area contributed by atoms with E-state index < -0.39 is 4.92 Å². The first-order valence-electron chi connectivity index (χ1n) is 6.23. The molecule has 2 aromatic rings. The number of hydrogen-bond acceptors (Lipinski definition) is 6. The van der Waals surface area contributed by atoms with Crippen molar-refractivity contribution in [3.8, 4) is 5.75 Å². The molecule has 0 radical (unpaired) electrons. The number of hydrogen-bond donors (Lipinski definition) is 0. The summed E-state index contributed by atoms with van der Waals surface area (Å²) in [4.78, 5) is 28.2. The summed E-state index contributed by atoms with van der Waals surface area (Å²) in [5.74, 6) is -0.573. The van der Waals surface area contributed by atoms with E-state index in [4.69, 9.17) is 4.74 Å². The number of Topliss-reactive ketones (excluding diaryl/α,β-unsaturated/α-hetero) is 1. The summed E-state index contributed by atoms with van der Waals surface area (Å²) in [6.45, 7) is 5.19. The van der Waals surface area contributed by atoms with Crippen LogP contribution in [0.1, 0.15) is 25.8 Å². The Morgan fingerprint density at radius 3 is 2.67 bits per heavy atom. The van der Waals surface area contributed by atoms with Gasteiger partial charge in [0.05, 0.1) is 0 Å². The third kappa shape index (κ3) is 3.43. The molecule has 6 nitrogen and oxygen atoms in total. The molecule has 0 aliphatic carbocycles. The number of rotatable bonds is 5. The normalized spacial score (nSPS) is 10.4. The highest BCUT2D eigenvalue weighted by Crippen LogP contribution is 2.25. The highest BCUT2D eigenvalue weighted by Gasteiger charge is 2.19. The molecule has 2 rings (SSSR count). The van der Waals surface area contributed by atoms with Gasteiger partial charge in [0.25, 0.3) is 0 Å². The van der Waals surface area contributed by atoms with Crippen LogP contribution in [0.25, 0.3) is 0 Å². The molecule has 0 atom stereocenters. The molecule has 0 aromatic carbocycles. The van der Waals surface area contributed by atoms with Crippen LogP contribution in [0.3, 0.4) is 0 Å². The molecule has 0 saturated heterocycles. The van der Waals surface area contributed by atoms with Crippen molar-refractivity contribution in [2.75, 3.05) is 6.61 Å². The van der Waals surface area contributed by atoms with Gasteiger partial charge in [0, 0.05) is 22.2 Å². The molecule has 0 spiro atoms. The summed E-state index contributed by atoms with van der Waals surface area (Å²) < 4.78 is 5.28. The summed E-state index contributed by atoms with van der Waals surface area (Å²) >= 11 is 1.53. The van der Waals surface area contributed by atoms with E-state index in [1.54, 1.807) is 19.1 Å². The van der Waals surface area contributed by atoms with Crippen molar-refractivity contribution in [1.82, 2.24) is 4.98 Å². The first-order valence-corrected chi connectivity index (χ1v) is 7.05. The second-order valence-electron chi connectivity index (χ2n) is 4.57. The van der Waals surface area contributed by atoms with E-state index in [9.17, 15) is 14.9 Å². The Hall–Kier alpha value is -2.28. The Balaban J connectivity index is 2.15. The molecule has 0 saturated carbocycles. The fourth-order valence-corrected chi connectivity index (χ4v) is 2.84. The fourth-order valence-electron chi connectivity index (χ4n) is 1.90. The molecule has 0 unspecified atom stereocenters. The van der Waals surface area contributed by atoms with Crippen molar-refractivity contribution in [2.45, 2.75) is 20.8 Å². The number of aryl methyl sites for hydroxylation is 3. The number of pyridine rings is 1. The maximum atomic E-state index is 12.1. The van der Waals surface area contributed by atoms with Crippen LogP contribution < -0.4 is 4.74 Å². The molecular weight excluding hydrogens is 292 g/mol. The molecule has 0 bridgehead atoms. The van der Waals surface area contributed by atoms with Gasteiger partial charge >= 0.3 is 5.82 Å². The third-order valence-corrected chi connectivity index (χ3v) is 3.82. The van der Waals surface area contributed by atoms with Crippen LogP contribution in [0.4, 0.5) is 5.82 Å². The molecule has 0 fully saturated rings. The van der Waals surface area contributed by atoms with Gasteiger partial charge in [0.1, 0.15) is 5.69 Å². The number of aromatic nitrogens is 1. The molecule has 21 heavy (non-hydrogen) atoms. The Morgan fingerprint density at radius 2 is 2.10 bits per heavy atom. The number of ether oxygens (including phenoxy) is 1. The molecule has 0 aliphatic heterocycles. The van der Waals surface area contributed by atoms with Gasteiger partial charge in [-0.1, -0.05) is 0 Å². The van der Waals surface area contributed by atoms with Crippen molar-refractivity contribution in [3.05, 3.63) is 49.3 Å². The molecule has 0 N–H and O–H groups in total. The summed E-state index contributed by atoms with van der Waals surface area (Å²) in [5, 5.41) is 10.9. The second-order valence-corrected chi connectivity index (χ2v) is 6.03. The van der Waals surface area contributed by atoms with Gasteiger partial charge in [-0.3, -0.25) is 4.79 Å². The lowest BCUT2D eigenvalue weighted by Crippen LogP contribution is -2.13. The standard InChI is InChI=1S/C14H14N2O4S/c1-8-4-5-13(14(15-8)16(18)19)20-7-12(17)11-6-9(2)21-10(11)3/h4-6H,7H2,1-3H3. The van der Waals surface area contributed by atoms with Crippen molar-refractivity contribution in [2.24, 2.45) is 0 Å². The van der Waals surface area contributed by atoms with Gasteiger partial charge in [-0.05, 0) is 42.0 Å². The minimum absolute atomic E-state index is 0.00329. The Bertz CT molecular complexity index is 709. The van der Waals surface area contributed by atoms with Gasteiger partial charge in [-0.25, -0.2) is 0 Å². The van der Waals surface area contributed by atoms with E-state index in [1.165, 1.54) is 17.4 Å². The minimum atomic E-state index is -0.618. The van der Waals surface area contributed by atoms with Crippen molar-refractivity contribution >= 4 is 22.9 Å². The van der Waals surface area contributed by atoms with E-state index in [2.05, 4.69) is 4.98 Å². The fraction of sp³-hybridized carbons (Fsp3) is 0.286. The highest BCUT2D eigenvalue weighted by atomic mass is 32.1. The number of nitro groups is 1. The zero-order valence-corrected chi connectivity index (χ0v) is 12.7. The largest absolute Gasteiger partial charge is 0.477 e. The lowest BCUT2D eigenvalue weighted by molar-refractivity contribution is -0.390. The van der Waals surface area contributed by atoms with Crippen LogP contribution in [-0.4, -0.2) is 22.3 Å². The van der Waals surface area contributed by atoms with Crippen molar-refractivity contribution < 1.29 is 14.5 Å². The maximum absolute atomic E-state index is 12.1. The number of carbonyl (C=O) groups is 1. The molecular formula is C14H14N2O4S. The van der Waals surface area contributed by atoms with Gasteiger partial charge in [-0.2, -0.15) is 0 Å². The van der Waals surface area contributed by atoms with Gasteiger partial charge in [-0.15, -0.1) is 11.3 Å². The average molecular weight is 306 g/mol. The SMILES string of the molecule is Cc1ccc(OCC(=O)c2cc(C)sc2C)c([N+](=O)[O-])n1. The zero-order valence-electron chi connectivity index (χ0n) is 11.9. The number of thiophene rings is 1. The number of nitrogens with zero attached hydrogens (tertiary/aromatic N) is 2. The number of ketones is 1. The maximum Gasteiger partial charge on any atom is 0.406 e. The molecule has 2 heterocycles. The third-order valence-electron chi connectivity index (χ3n) is 2.85. The van der Waals surface area contributed by atoms with Crippen LogP contribution in [-0.2, 0) is 0 Å². The topological polar surface area (TPSA) is 82.3 Å². The molecule has 0 aliphatic rings. The predicted molar refractivity (Wildman–Crippen MR) is 79.2 cm³/mol. The van der Waals surface area contributed by atoms with Crippen LogP contribution in [0, 0.1) is 30.9 Å². The van der Waals surface area contributed by atoms with Gasteiger partial charge in [0.15, 0.2) is 6.61 Å². The van der Waals surface area contributed by atoms with Gasteiger partial charge in [0.2, 0.25) is 11.5 Å². The van der Waals surface area contributed by atoms with Crippen LogP contribution in [0.2, 0.25) is 0 Å². The smallest absolute Gasteiger partial charge is 0.406 e. The van der Waals surface area contributed by atoms with Crippen molar-refractivity contribution in [1.29, 1.82) is 0 Å². The minimum Gasteiger partial charge on any atom is -0.477 e. The molecule has 0 amide bonds.